The van der Waals surface area contributed by atoms with Crippen molar-refractivity contribution in [1.29, 1.82) is 0 Å². The van der Waals surface area contributed by atoms with Gasteiger partial charge in [-0.15, -0.1) is 0 Å². The molecule has 0 saturated heterocycles. The summed E-state index contributed by atoms with van der Waals surface area (Å²) in [5.74, 6) is 0.239. The molecule has 0 aromatic heterocycles. The molecule has 0 bridgehead atoms. The van der Waals surface area contributed by atoms with Gasteiger partial charge in [-0.05, 0) is 44.0 Å². The second-order valence-corrected chi connectivity index (χ2v) is 9.36. The zero-order valence-electron chi connectivity index (χ0n) is 18.4. The Morgan fingerprint density at radius 1 is 0.938 bits per heavy atom. The molecule has 3 rings (SSSR count). The smallest absolute Gasteiger partial charge is 0.241 e. The predicted octanol–water partition coefficient (Wildman–Crippen LogP) is 3.77. The normalized spacial score (nSPS) is 13.2. The lowest BCUT2D eigenvalue weighted by atomic mass is 10.0. The molecule has 1 amide bonds. The van der Waals surface area contributed by atoms with Crippen LogP contribution in [0.2, 0.25) is 0 Å². The molecule has 6 nitrogen and oxygen atoms in total. The third kappa shape index (κ3) is 5.96. The minimum atomic E-state index is -3.89. The van der Waals surface area contributed by atoms with Gasteiger partial charge in [-0.2, -0.15) is 4.72 Å². The van der Waals surface area contributed by atoms with Gasteiger partial charge in [-0.25, -0.2) is 8.42 Å². The summed E-state index contributed by atoms with van der Waals surface area (Å²) in [6, 6.07) is 21.9. The molecule has 0 aliphatic rings. The standard InChI is InChI=1S/C25H28N2O4S/c1-18-13-15-21(16-14-18)32(29,30)27-23(17-20-9-5-4-6-10-20)25(28)26-19(2)22-11-7-8-12-24(22)31-3/h4-16,19,23,27H,17H2,1-3H3,(H,26,28)/t19-,23+/m0/s1. The highest BCUT2D eigenvalue weighted by molar-refractivity contribution is 7.89. The summed E-state index contributed by atoms with van der Waals surface area (Å²) < 4.78 is 34.0. The molecule has 3 aromatic rings. The van der Waals surface area contributed by atoms with Crippen LogP contribution in [0.5, 0.6) is 5.75 Å². The first kappa shape index (κ1) is 23.5. The minimum absolute atomic E-state index is 0.117. The monoisotopic (exact) mass is 452 g/mol. The first-order valence-electron chi connectivity index (χ1n) is 10.4. The number of benzene rings is 3. The summed E-state index contributed by atoms with van der Waals surface area (Å²) in [5, 5.41) is 2.93. The molecule has 0 aliphatic carbocycles. The first-order chi connectivity index (χ1) is 15.3. The molecule has 0 unspecified atom stereocenters. The van der Waals surface area contributed by atoms with Crippen LogP contribution in [0.1, 0.15) is 29.7 Å². The van der Waals surface area contributed by atoms with Gasteiger partial charge in [0, 0.05) is 5.56 Å². The van der Waals surface area contributed by atoms with E-state index in [-0.39, 0.29) is 17.4 Å². The van der Waals surface area contributed by atoms with E-state index in [0.717, 1.165) is 16.7 Å². The second-order valence-electron chi connectivity index (χ2n) is 7.65. The molecule has 0 saturated carbocycles. The Hall–Kier alpha value is -3.16. The quantitative estimate of drug-likeness (QED) is 0.518. The maximum Gasteiger partial charge on any atom is 0.241 e. The summed E-state index contributed by atoms with van der Waals surface area (Å²) in [7, 11) is -2.32. The second kappa shape index (κ2) is 10.4. The molecule has 0 fully saturated rings. The molecular formula is C25H28N2O4S. The fourth-order valence-electron chi connectivity index (χ4n) is 3.43. The topological polar surface area (TPSA) is 84.5 Å². The van der Waals surface area contributed by atoms with Crippen LogP contribution in [0.3, 0.4) is 0 Å². The maximum absolute atomic E-state index is 13.2. The van der Waals surface area contributed by atoms with Crippen molar-refractivity contribution in [2.75, 3.05) is 7.11 Å². The van der Waals surface area contributed by atoms with E-state index in [1.165, 1.54) is 12.1 Å². The van der Waals surface area contributed by atoms with Crippen molar-refractivity contribution >= 4 is 15.9 Å². The third-order valence-corrected chi connectivity index (χ3v) is 6.68. The Morgan fingerprint density at radius 3 is 2.22 bits per heavy atom. The fourth-order valence-corrected chi connectivity index (χ4v) is 4.62. The molecular weight excluding hydrogens is 424 g/mol. The van der Waals surface area contributed by atoms with Crippen molar-refractivity contribution < 1.29 is 17.9 Å². The number of carbonyl (C=O) groups excluding carboxylic acids is 1. The average Bonchev–Trinajstić information content (AvgIpc) is 2.79. The Morgan fingerprint density at radius 2 is 1.56 bits per heavy atom. The first-order valence-corrected chi connectivity index (χ1v) is 11.8. The molecule has 0 radical (unpaired) electrons. The Kier molecular flexibility index (Phi) is 7.66. The van der Waals surface area contributed by atoms with E-state index in [1.807, 2.05) is 68.4 Å². The van der Waals surface area contributed by atoms with Crippen molar-refractivity contribution in [2.45, 2.75) is 37.2 Å². The molecule has 32 heavy (non-hydrogen) atoms. The summed E-state index contributed by atoms with van der Waals surface area (Å²) in [4.78, 5) is 13.3. The number of carbonyl (C=O) groups is 1. The average molecular weight is 453 g/mol. The van der Waals surface area contributed by atoms with Gasteiger partial charge in [-0.1, -0.05) is 66.2 Å². The van der Waals surface area contributed by atoms with Crippen LogP contribution in [0, 0.1) is 6.92 Å². The highest BCUT2D eigenvalue weighted by Gasteiger charge is 2.27. The fraction of sp³-hybridized carbons (Fsp3) is 0.240. The van der Waals surface area contributed by atoms with Crippen molar-refractivity contribution in [3.63, 3.8) is 0 Å². The zero-order chi connectivity index (χ0) is 23.1. The van der Waals surface area contributed by atoms with Crippen molar-refractivity contribution in [1.82, 2.24) is 10.0 Å². The largest absolute Gasteiger partial charge is 0.496 e. The van der Waals surface area contributed by atoms with E-state index in [9.17, 15) is 13.2 Å². The van der Waals surface area contributed by atoms with E-state index >= 15 is 0 Å². The van der Waals surface area contributed by atoms with Gasteiger partial charge in [0.05, 0.1) is 18.0 Å². The number of para-hydroxylation sites is 1. The third-order valence-electron chi connectivity index (χ3n) is 5.19. The SMILES string of the molecule is COc1ccccc1[C@H](C)NC(=O)[C@@H](Cc1ccccc1)NS(=O)(=O)c1ccc(C)cc1. The highest BCUT2D eigenvalue weighted by atomic mass is 32.2. The van der Waals surface area contributed by atoms with Gasteiger partial charge in [0.15, 0.2) is 0 Å². The Balaban J connectivity index is 1.85. The summed E-state index contributed by atoms with van der Waals surface area (Å²) in [6.07, 6.45) is 0.219. The molecule has 2 atom stereocenters. The molecule has 0 spiro atoms. The molecule has 0 aliphatic heterocycles. The van der Waals surface area contributed by atoms with Crippen LogP contribution >= 0.6 is 0 Å². The highest BCUT2D eigenvalue weighted by Crippen LogP contribution is 2.24. The van der Waals surface area contributed by atoms with Crippen LogP contribution < -0.4 is 14.8 Å². The Bertz CT molecular complexity index is 1150. The Labute approximate surface area is 189 Å². The van der Waals surface area contributed by atoms with Crippen molar-refractivity contribution in [3.05, 3.63) is 95.6 Å². The molecule has 3 aromatic carbocycles. The zero-order valence-corrected chi connectivity index (χ0v) is 19.2. The number of hydrogen-bond donors (Lipinski definition) is 2. The number of aryl methyl sites for hydroxylation is 1. The van der Waals surface area contributed by atoms with Gasteiger partial charge in [0.2, 0.25) is 15.9 Å². The number of hydrogen-bond acceptors (Lipinski definition) is 4. The van der Waals surface area contributed by atoms with Crippen LogP contribution in [-0.2, 0) is 21.2 Å². The maximum atomic E-state index is 13.2. The van der Waals surface area contributed by atoms with Crippen molar-refractivity contribution in [3.8, 4) is 5.75 Å². The summed E-state index contributed by atoms with van der Waals surface area (Å²) in [6.45, 7) is 3.72. The van der Waals surface area contributed by atoms with Crippen molar-refractivity contribution in [2.24, 2.45) is 0 Å². The number of ether oxygens (including phenoxy) is 1. The van der Waals surface area contributed by atoms with Crippen LogP contribution in [-0.4, -0.2) is 27.5 Å². The van der Waals surface area contributed by atoms with Gasteiger partial charge in [0.1, 0.15) is 11.8 Å². The number of nitrogens with one attached hydrogen (secondary N) is 2. The minimum Gasteiger partial charge on any atom is -0.496 e. The van der Waals surface area contributed by atoms with E-state index in [2.05, 4.69) is 10.0 Å². The van der Waals surface area contributed by atoms with Gasteiger partial charge in [-0.3, -0.25) is 4.79 Å². The molecule has 168 valence electrons. The number of sulfonamides is 1. The molecule has 7 heteroatoms. The van der Waals surface area contributed by atoms with Gasteiger partial charge in [0.25, 0.3) is 0 Å². The van der Waals surface area contributed by atoms with E-state index < -0.39 is 22.0 Å². The summed E-state index contributed by atoms with van der Waals surface area (Å²) >= 11 is 0. The lowest BCUT2D eigenvalue weighted by Crippen LogP contribution is -2.48. The number of rotatable bonds is 9. The molecule has 2 N–H and O–H groups in total. The number of methoxy groups -OCH3 is 1. The van der Waals surface area contributed by atoms with Gasteiger partial charge < -0.3 is 10.1 Å². The van der Waals surface area contributed by atoms with E-state index in [4.69, 9.17) is 4.74 Å². The van der Waals surface area contributed by atoms with Gasteiger partial charge >= 0.3 is 0 Å². The van der Waals surface area contributed by atoms with Crippen LogP contribution in [0.15, 0.2) is 83.8 Å². The molecule has 0 heterocycles. The number of amides is 1. The lowest BCUT2D eigenvalue weighted by molar-refractivity contribution is -0.123. The lowest BCUT2D eigenvalue weighted by Gasteiger charge is -2.23. The summed E-state index contributed by atoms with van der Waals surface area (Å²) in [5.41, 5.74) is 2.61. The van der Waals surface area contributed by atoms with Crippen LogP contribution in [0.4, 0.5) is 0 Å². The predicted molar refractivity (Wildman–Crippen MR) is 125 cm³/mol. The van der Waals surface area contributed by atoms with E-state index in [0.29, 0.717) is 5.75 Å². The van der Waals surface area contributed by atoms with Crippen LogP contribution in [0.25, 0.3) is 0 Å². The van der Waals surface area contributed by atoms with E-state index in [1.54, 1.807) is 19.2 Å².